The van der Waals surface area contributed by atoms with E-state index in [0.717, 1.165) is 37.7 Å². The van der Waals surface area contributed by atoms with Crippen LogP contribution in [-0.2, 0) is 0 Å². The van der Waals surface area contributed by atoms with Gasteiger partial charge < -0.3 is 20.3 Å². The van der Waals surface area contributed by atoms with Crippen molar-refractivity contribution in [3.05, 3.63) is 42.6 Å². The molecule has 1 aliphatic rings. The van der Waals surface area contributed by atoms with Crippen LogP contribution in [-0.4, -0.2) is 38.3 Å². The van der Waals surface area contributed by atoms with Gasteiger partial charge in [0.05, 0.1) is 19.0 Å². The summed E-state index contributed by atoms with van der Waals surface area (Å²) in [4.78, 5) is 9.06. The molecule has 0 radical (unpaired) electrons. The number of nitrogens with zero attached hydrogens (tertiary/aromatic N) is 3. The number of benzene rings is 1. The zero-order chi connectivity index (χ0) is 14.7. The largest absolute Gasteiger partial charge is 0.497 e. The average molecular weight is 284 g/mol. The molecule has 0 atom stereocenters. The Morgan fingerprint density at radius 1 is 0.952 bits per heavy atom. The highest BCUT2D eigenvalue weighted by Crippen LogP contribution is 2.22. The highest BCUT2D eigenvalue weighted by molar-refractivity contribution is 5.52. The van der Waals surface area contributed by atoms with Gasteiger partial charge in [-0.3, -0.25) is 0 Å². The molecule has 3 rings (SSSR count). The number of pyridine rings is 1. The lowest BCUT2D eigenvalue weighted by Crippen LogP contribution is -2.46. The number of methoxy groups -OCH3 is 1. The molecule has 1 aromatic carbocycles. The molecule has 0 spiro atoms. The molecule has 0 unspecified atom stereocenters. The first-order valence-electron chi connectivity index (χ1n) is 7.12. The molecular formula is C16H20N4O. The lowest BCUT2D eigenvalue weighted by molar-refractivity contribution is 0.415. The number of nitrogens with two attached hydrogens (primary N) is 1. The summed E-state index contributed by atoms with van der Waals surface area (Å²) in [6.45, 7) is 3.89. The first kappa shape index (κ1) is 13.5. The molecule has 0 saturated carbocycles. The number of ether oxygens (including phenoxy) is 1. The molecule has 1 saturated heterocycles. The third-order valence-corrected chi connectivity index (χ3v) is 3.81. The molecule has 5 nitrogen and oxygen atoms in total. The molecule has 110 valence electrons. The van der Waals surface area contributed by atoms with Gasteiger partial charge in [-0.05, 0) is 36.4 Å². The highest BCUT2D eigenvalue weighted by atomic mass is 16.5. The maximum absolute atomic E-state index is 5.68. The van der Waals surface area contributed by atoms with Crippen molar-refractivity contribution in [2.24, 2.45) is 0 Å². The van der Waals surface area contributed by atoms with E-state index in [4.69, 9.17) is 10.5 Å². The Bertz CT molecular complexity index is 574. The number of rotatable bonds is 3. The Kier molecular flexibility index (Phi) is 3.81. The summed E-state index contributed by atoms with van der Waals surface area (Å²) in [5.41, 5.74) is 7.62. The van der Waals surface area contributed by atoms with Gasteiger partial charge in [-0.25, -0.2) is 4.98 Å². The van der Waals surface area contributed by atoms with Crippen LogP contribution in [0.15, 0.2) is 42.6 Å². The third kappa shape index (κ3) is 3.02. The van der Waals surface area contributed by atoms with E-state index in [-0.39, 0.29) is 0 Å². The van der Waals surface area contributed by atoms with Crippen LogP contribution < -0.4 is 20.3 Å². The van der Waals surface area contributed by atoms with Crippen molar-refractivity contribution in [3.63, 3.8) is 0 Å². The molecule has 1 aliphatic heterocycles. The van der Waals surface area contributed by atoms with Gasteiger partial charge in [-0.15, -0.1) is 0 Å². The zero-order valence-electron chi connectivity index (χ0n) is 12.2. The molecule has 0 aliphatic carbocycles. The van der Waals surface area contributed by atoms with Crippen LogP contribution in [0, 0.1) is 0 Å². The van der Waals surface area contributed by atoms with Crippen molar-refractivity contribution in [1.29, 1.82) is 0 Å². The smallest absolute Gasteiger partial charge is 0.128 e. The van der Waals surface area contributed by atoms with Gasteiger partial charge in [0.25, 0.3) is 0 Å². The first-order chi connectivity index (χ1) is 10.3. The van der Waals surface area contributed by atoms with Gasteiger partial charge in [0.15, 0.2) is 0 Å². The lowest BCUT2D eigenvalue weighted by Gasteiger charge is -2.36. The minimum atomic E-state index is 0.704. The van der Waals surface area contributed by atoms with E-state index in [1.807, 2.05) is 24.3 Å². The SMILES string of the molecule is COc1ccc(N2CCN(c3ccc(N)cn3)CC2)cc1. The molecule has 2 heterocycles. The predicted octanol–water partition coefficient (Wildman–Crippen LogP) is 2.00. The first-order valence-corrected chi connectivity index (χ1v) is 7.12. The van der Waals surface area contributed by atoms with Crippen molar-refractivity contribution in [2.75, 3.05) is 48.8 Å². The Labute approximate surface area is 125 Å². The fourth-order valence-corrected chi connectivity index (χ4v) is 2.57. The van der Waals surface area contributed by atoms with Crippen LogP contribution in [0.25, 0.3) is 0 Å². The zero-order valence-corrected chi connectivity index (χ0v) is 12.2. The Balaban J connectivity index is 1.62. The minimum Gasteiger partial charge on any atom is -0.497 e. The van der Waals surface area contributed by atoms with Gasteiger partial charge in [-0.1, -0.05) is 0 Å². The van der Waals surface area contributed by atoms with E-state index < -0.39 is 0 Å². The number of piperazine rings is 1. The quantitative estimate of drug-likeness (QED) is 0.934. The number of hydrogen-bond acceptors (Lipinski definition) is 5. The van der Waals surface area contributed by atoms with Crippen LogP contribution >= 0.6 is 0 Å². The van der Waals surface area contributed by atoms with Gasteiger partial charge in [0.1, 0.15) is 11.6 Å². The van der Waals surface area contributed by atoms with Crippen molar-refractivity contribution < 1.29 is 4.74 Å². The second kappa shape index (κ2) is 5.91. The fraction of sp³-hybridized carbons (Fsp3) is 0.312. The predicted molar refractivity (Wildman–Crippen MR) is 86.1 cm³/mol. The molecule has 0 bridgehead atoms. The van der Waals surface area contributed by atoms with Crippen LogP contribution in [0.4, 0.5) is 17.2 Å². The topological polar surface area (TPSA) is 54.6 Å². The second-order valence-electron chi connectivity index (χ2n) is 5.12. The second-order valence-corrected chi connectivity index (χ2v) is 5.12. The minimum absolute atomic E-state index is 0.704. The summed E-state index contributed by atoms with van der Waals surface area (Å²) in [6.07, 6.45) is 1.71. The third-order valence-electron chi connectivity index (χ3n) is 3.81. The van der Waals surface area contributed by atoms with E-state index in [0.29, 0.717) is 5.69 Å². The van der Waals surface area contributed by atoms with E-state index in [1.165, 1.54) is 5.69 Å². The van der Waals surface area contributed by atoms with Crippen molar-refractivity contribution >= 4 is 17.2 Å². The highest BCUT2D eigenvalue weighted by Gasteiger charge is 2.18. The van der Waals surface area contributed by atoms with Gasteiger partial charge in [-0.2, -0.15) is 0 Å². The number of aromatic nitrogens is 1. The van der Waals surface area contributed by atoms with E-state index in [1.54, 1.807) is 13.3 Å². The number of nitrogen functional groups attached to an aromatic ring is 1. The number of anilines is 3. The molecule has 1 fully saturated rings. The van der Waals surface area contributed by atoms with Crippen LogP contribution in [0.1, 0.15) is 0 Å². The maximum atomic E-state index is 5.68. The Morgan fingerprint density at radius 2 is 1.62 bits per heavy atom. The van der Waals surface area contributed by atoms with E-state index in [2.05, 4.69) is 26.9 Å². The maximum Gasteiger partial charge on any atom is 0.128 e. The summed E-state index contributed by atoms with van der Waals surface area (Å²) in [7, 11) is 1.69. The van der Waals surface area contributed by atoms with Crippen molar-refractivity contribution in [2.45, 2.75) is 0 Å². The van der Waals surface area contributed by atoms with Gasteiger partial charge in [0.2, 0.25) is 0 Å². The Morgan fingerprint density at radius 3 is 2.19 bits per heavy atom. The van der Waals surface area contributed by atoms with E-state index in [9.17, 15) is 0 Å². The van der Waals surface area contributed by atoms with Crippen molar-refractivity contribution in [3.8, 4) is 5.75 Å². The normalized spacial score (nSPS) is 15.1. The summed E-state index contributed by atoms with van der Waals surface area (Å²) in [5.74, 6) is 1.89. The molecule has 1 aromatic heterocycles. The Hall–Kier alpha value is -2.43. The molecule has 2 N–H and O–H groups in total. The lowest BCUT2D eigenvalue weighted by atomic mass is 10.2. The number of hydrogen-bond donors (Lipinski definition) is 1. The summed E-state index contributed by atoms with van der Waals surface area (Å²) in [6, 6.07) is 12.1. The van der Waals surface area contributed by atoms with Crippen molar-refractivity contribution in [1.82, 2.24) is 4.98 Å². The molecule has 5 heteroatoms. The summed E-state index contributed by atoms with van der Waals surface area (Å²) in [5, 5.41) is 0. The monoisotopic (exact) mass is 284 g/mol. The summed E-state index contributed by atoms with van der Waals surface area (Å²) >= 11 is 0. The fourth-order valence-electron chi connectivity index (χ4n) is 2.57. The average Bonchev–Trinajstić information content (AvgIpc) is 2.56. The standard InChI is InChI=1S/C16H20N4O/c1-21-15-5-3-14(4-6-15)19-8-10-20(11-9-19)16-7-2-13(17)12-18-16/h2-7,12H,8-11,17H2,1H3. The molecule has 21 heavy (non-hydrogen) atoms. The summed E-state index contributed by atoms with van der Waals surface area (Å²) < 4.78 is 5.20. The molecule has 0 amide bonds. The van der Waals surface area contributed by atoms with Crippen LogP contribution in [0.5, 0.6) is 5.75 Å². The van der Waals surface area contributed by atoms with Gasteiger partial charge in [0, 0.05) is 31.9 Å². The van der Waals surface area contributed by atoms with Crippen LogP contribution in [0.2, 0.25) is 0 Å². The van der Waals surface area contributed by atoms with Gasteiger partial charge >= 0.3 is 0 Å². The molecule has 2 aromatic rings. The van der Waals surface area contributed by atoms with E-state index >= 15 is 0 Å². The molecular weight excluding hydrogens is 264 g/mol. The van der Waals surface area contributed by atoms with Crippen LogP contribution in [0.3, 0.4) is 0 Å².